The van der Waals surface area contributed by atoms with Crippen molar-refractivity contribution >= 4 is 11.6 Å². The maximum Gasteiger partial charge on any atom is 0.228 e. The highest BCUT2D eigenvalue weighted by molar-refractivity contribution is 5.93. The molecule has 0 aliphatic carbocycles. The van der Waals surface area contributed by atoms with Crippen LogP contribution >= 0.6 is 0 Å². The quantitative estimate of drug-likeness (QED) is 0.820. The molecule has 1 atom stereocenters. The molecular weight excluding hydrogens is 207 g/mol. The van der Waals surface area contributed by atoms with Crippen LogP contribution in [-0.4, -0.2) is 19.5 Å². The van der Waals surface area contributed by atoms with E-state index in [0.29, 0.717) is 6.54 Å². The fourth-order valence-corrected chi connectivity index (χ4v) is 1.44. The summed E-state index contributed by atoms with van der Waals surface area (Å²) >= 11 is 0. The van der Waals surface area contributed by atoms with Gasteiger partial charge in [-0.15, -0.1) is 0 Å². The Morgan fingerprint density at radius 3 is 2.75 bits per heavy atom. The molecule has 16 heavy (non-hydrogen) atoms. The molecule has 88 valence electrons. The van der Waals surface area contributed by atoms with Gasteiger partial charge in [0.25, 0.3) is 0 Å². The number of anilines is 1. The van der Waals surface area contributed by atoms with Gasteiger partial charge in [-0.25, -0.2) is 4.39 Å². The van der Waals surface area contributed by atoms with E-state index in [1.165, 1.54) is 6.07 Å². The predicted molar refractivity (Wildman–Crippen MR) is 62.9 cm³/mol. The van der Waals surface area contributed by atoms with Gasteiger partial charge in [0.2, 0.25) is 5.91 Å². The van der Waals surface area contributed by atoms with Gasteiger partial charge in [0, 0.05) is 12.5 Å². The highest BCUT2D eigenvalue weighted by Gasteiger charge is 2.14. The minimum atomic E-state index is -0.398. The molecule has 0 radical (unpaired) electrons. The van der Waals surface area contributed by atoms with Gasteiger partial charge in [-0.1, -0.05) is 19.1 Å². The first-order valence-electron chi connectivity index (χ1n) is 5.26. The molecule has 4 heteroatoms. The number of aryl methyl sites for hydroxylation is 1. The number of para-hydroxylation sites is 1. The summed E-state index contributed by atoms with van der Waals surface area (Å²) in [6, 6.07) is 4.73. The molecule has 0 aliphatic rings. The Bertz CT molecular complexity index is 359. The summed E-state index contributed by atoms with van der Waals surface area (Å²) in [5.41, 5.74) is 1.00. The van der Waals surface area contributed by atoms with Crippen LogP contribution in [0.4, 0.5) is 10.1 Å². The minimum Gasteiger partial charge on any atom is -0.323 e. The van der Waals surface area contributed by atoms with Crippen LogP contribution in [0.3, 0.4) is 0 Å². The third-order valence-electron chi connectivity index (χ3n) is 2.43. The Balaban J connectivity index is 2.77. The van der Waals surface area contributed by atoms with Crippen molar-refractivity contribution in [2.45, 2.75) is 13.8 Å². The molecule has 0 fully saturated rings. The van der Waals surface area contributed by atoms with Gasteiger partial charge >= 0.3 is 0 Å². The second-order valence-electron chi connectivity index (χ2n) is 3.88. The van der Waals surface area contributed by atoms with E-state index in [0.717, 1.165) is 5.56 Å². The summed E-state index contributed by atoms with van der Waals surface area (Å²) in [6.07, 6.45) is 0. The number of nitrogens with one attached hydrogen (secondary N) is 2. The normalized spacial score (nSPS) is 12.2. The molecule has 0 bridgehead atoms. The van der Waals surface area contributed by atoms with E-state index < -0.39 is 5.82 Å². The van der Waals surface area contributed by atoms with E-state index >= 15 is 0 Å². The van der Waals surface area contributed by atoms with Crippen molar-refractivity contribution in [3.05, 3.63) is 29.6 Å². The highest BCUT2D eigenvalue weighted by atomic mass is 19.1. The molecule has 3 nitrogen and oxygen atoms in total. The lowest BCUT2D eigenvalue weighted by molar-refractivity contribution is -0.119. The van der Waals surface area contributed by atoms with Gasteiger partial charge in [0.1, 0.15) is 5.82 Å². The number of carbonyl (C=O) groups is 1. The number of carbonyl (C=O) groups excluding carboxylic acids is 1. The molecule has 1 amide bonds. The molecular formula is C12H17FN2O. The SMILES string of the molecule is CNCC(C)C(=O)Nc1c(C)cccc1F. The average molecular weight is 224 g/mol. The van der Waals surface area contributed by atoms with E-state index in [4.69, 9.17) is 0 Å². The molecule has 0 aromatic heterocycles. The largest absolute Gasteiger partial charge is 0.323 e. The van der Waals surface area contributed by atoms with Crippen molar-refractivity contribution in [3.63, 3.8) is 0 Å². The molecule has 1 rings (SSSR count). The summed E-state index contributed by atoms with van der Waals surface area (Å²) in [6.45, 7) is 4.13. The van der Waals surface area contributed by atoms with Crippen LogP contribution in [0.25, 0.3) is 0 Å². The van der Waals surface area contributed by atoms with Crippen LogP contribution in [0.1, 0.15) is 12.5 Å². The first-order chi connectivity index (χ1) is 7.56. The number of halogens is 1. The summed E-state index contributed by atoms with van der Waals surface area (Å²) in [4.78, 5) is 11.7. The van der Waals surface area contributed by atoms with E-state index in [1.807, 2.05) is 0 Å². The fraction of sp³-hybridized carbons (Fsp3) is 0.417. The van der Waals surface area contributed by atoms with Crippen molar-refractivity contribution in [3.8, 4) is 0 Å². The first-order valence-corrected chi connectivity index (χ1v) is 5.26. The maximum atomic E-state index is 13.4. The van der Waals surface area contributed by atoms with Crippen LogP contribution in [0, 0.1) is 18.7 Å². The predicted octanol–water partition coefficient (Wildman–Crippen LogP) is 1.93. The second-order valence-corrected chi connectivity index (χ2v) is 3.88. The molecule has 0 aliphatic heterocycles. The molecule has 1 aromatic carbocycles. The molecule has 0 heterocycles. The van der Waals surface area contributed by atoms with Gasteiger partial charge in [-0.2, -0.15) is 0 Å². The van der Waals surface area contributed by atoms with Gasteiger partial charge in [-0.05, 0) is 25.6 Å². The molecule has 0 spiro atoms. The van der Waals surface area contributed by atoms with Crippen molar-refractivity contribution in [1.29, 1.82) is 0 Å². The third kappa shape index (κ3) is 3.03. The standard InChI is InChI=1S/C12H17FN2O/c1-8-5-4-6-10(13)11(8)15-12(16)9(2)7-14-3/h4-6,9,14H,7H2,1-3H3,(H,15,16). The number of rotatable bonds is 4. The van der Waals surface area contributed by atoms with Crippen molar-refractivity contribution in [1.82, 2.24) is 5.32 Å². The van der Waals surface area contributed by atoms with E-state index in [-0.39, 0.29) is 17.5 Å². The average Bonchev–Trinajstić information content (AvgIpc) is 2.23. The number of amides is 1. The molecule has 2 N–H and O–H groups in total. The van der Waals surface area contributed by atoms with Crippen LogP contribution in [0.2, 0.25) is 0 Å². The zero-order chi connectivity index (χ0) is 12.1. The molecule has 0 saturated carbocycles. The van der Waals surface area contributed by atoms with Crippen molar-refractivity contribution < 1.29 is 9.18 Å². The lowest BCUT2D eigenvalue weighted by Gasteiger charge is -2.13. The van der Waals surface area contributed by atoms with Crippen LogP contribution in [0.15, 0.2) is 18.2 Å². The Kier molecular flexibility index (Phi) is 4.43. The monoisotopic (exact) mass is 224 g/mol. The van der Waals surface area contributed by atoms with Crippen LogP contribution in [0.5, 0.6) is 0 Å². The lowest BCUT2D eigenvalue weighted by atomic mass is 10.1. The Hall–Kier alpha value is -1.42. The van der Waals surface area contributed by atoms with Crippen molar-refractivity contribution in [2.24, 2.45) is 5.92 Å². The maximum absolute atomic E-state index is 13.4. The number of hydrogen-bond donors (Lipinski definition) is 2. The van der Waals surface area contributed by atoms with Gasteiger partial charge < -0.3 is 10.6 Å². The summed E-state index contributed by atoms with van der Waals surface area (Å²) in [7, 11) is 1.78. The fourth-order valence-electron chi connectivity index (χ4n) is 1.44. The number of benzene rings is 1. The van der Waals surface area contributed by atoms with Crippen LogP contribution < -0.4 is 10.6 Å². The van der Waals surface area contributed by atoms with E-state index in [2.05, 4.69) is 10.6 Å². The van der Waals surface area contributed by atoms with Gasteiger partial charge in [-0.3, -0.25) is 4.79 Å². The van der Waals surface area contributed by atoms with E-state index in [1.54, 1.807) is 33.0 Å². The first kappa shape index (κ1) is 12.6. The third-order valence-corrected chi connectivity index (χ3v) is 2.43. The van der Waals surface area contributed by atoms with Gasteiger partial charge in [0.15, 0.2) is 0 Å². The smallest absolute Gasteiger partial charge is 0.228 e. The zero-order valence-electron chi connectivity index (χ0n) is 9.80. The summed E-state index contributed by atoms with van der Waals surface area (Å²) < 4.78 is 13.4. The zero-order valence-corrected chi connectivity index (χ0v) is 9.80. The highest BCUT2D eigenvalue weighted by Crippen LogP contribution is 2.19. The Morgan fingerprint density at radius 2 is 2.19 bits per heavy atom. The van der Waals surface area contributed by atoms with Crippen LogP contribution in [-0.2, 0) is 4.79 Å². The van der Waals surface area contributed by atoms with E-state index in [9.17, 15) is 9.18 Å². The van der Waals surface area contributed by atoms with Crippen molar-refractivity contribution in [2.75, 3.05) is 18.9 Å². The number of hydrogen-bond acceptors (Lipinski definition) is 2. The second kappa shape index (κ2) is 5.61. The summed E-state index contributed by atoms with van der Waals surface area (Å²) in [5.74, 6) is -0.767. The topological polar surface area (TPSA) is 41.1 Å². The van der Waals surface area contributed by atoms with Gasteiger partial charge in [0.05, 0.1) is 5.69 Å². The Morgan fingerprint density at radius 1 is 1.50 bits per heavy atom. The lowest BCUT2D eigenvalue weighted by Crippen LogP contribution is -2.29. The molecule has 1 unspecified atom stereocenters. The minimum absolute atomic E-state index is 0.178. The Labute approximate surface area is 95.0 Å². The molecule has 0 saturated heterocycles. The molecule has 1 aromatic rings. The summed E-state index contributed by atoms with van der Waals surface area (Å²) in [5, 5.41) is 5.52.